The molecule has 0 radical (unpaired) electrons. The minimum absolute atomic E-state index is 0.124. The number of rotatable bonds is 4. The molecule has 0 saturated carbocycles. The first kappa shape index (κ1) is 15.9. The molecule has 116 valence electrons. The van der Waals surface area contributed by atoms with Crippen LogP contribution in [0.25, 0.3) is 0 Å². The van der Waals surface area contributed by atoms with E-state index in [0.717, 1.165) is 17.7 Å². The molecule has 5 heteroatoms. The van der Waals surface area contributed by atoms with Crippen molar-refractivity contribution in [3.8, 4) is 0 Å². The van der Waals surface area contributed by atoms with Gasteiger partial charge in [0.2, 0.25) is 0 Å². The van der Waals surface area contributed by atoms with Crippen molar-refractivity contribution in [1.82, 2.24) is 5.32 Å². The minimum atomic E-state index is -0.809. The number of hydrogen-bond acceptors (Lipinski definition) is 1. The molecule has 0 aromatic heterocycles. The molecule has 0 heterocycles. The number of urea groups is 1. The molecule has 0 saturated heterocycles. The number of benzene rings is 2. The lowest BCUT2D eigenvalue weighted by molar-refractivity contribution is 0.244. The molecule has 0 aliphatic rings. The van der Waals surface area contributed by atoms with Crippen LogP contribution >= 0.6 is 0 Å². The summed E-state index contributed by atoms with van der Waals surface area (Å²) in [4.78, 5) is 12.0. The van der Waals surface area contributed by atoms with Crippen molar-refractivity contribution in [2.75, 3.05) is 5.32 Å². The fourth-order valence-electron chi connectivity index (χ4n) is 2.20. The summed E-state index contributed by atoms with van der Waals surface area (Å²) < 4.78 is 27.1. The van der Waals surface area contributed by atoms with Crippen molar-refractivity contribution < 1.29 is 13.6 Å². The van der Waals surface area contributed by atoms with E-state index in [4.69, 9.17) is 0 Å². The maximum Gasteiger partial charge on any atom is 0.319 e. The Hall–Kier alpha value is -2.43. The summed E-state index contributed by atoms with van der Waals surface area (Å²) in [6.45, 7) is 3.92. The van der Waals surface area contributed by atoms with Crippen LogP contribution in [0.3, 0.4) is 0 Å². The van der Waals surface area contributed by atoms with E-state index < -0.39 is 23.4 Å². The number of para-hydroxylation sites is 1. The highest BCUT2D eigenvalue weighted by atomic mass is 19.1. The van der Waals surface area contributed by atoms with E-state index in [1.54, 1.807) is 0 Å². The van der Waals surface area contributed by atoms with Gasteiger partial charge in [-0.15, -0.1) is 0 Å². The standard InChI is InChI=1S/C17H18F2N2O/c1-11(2)15(12-7-4-3-5-8-12)20-17(22)21-16-13(18)9-6-10-14(16)19/h3-11,15H,1-2H3,(H2,20,21,22). The Morgan fingerprint density at radius 3 is 2.09 bits per heavy atom. The monoisotopic (exact) mass is 304 g/mol. The van der Waals surface area contributed by atoms with E-state index in [-0.39, 0.29) is 12.0 Å². The third kappa shape index (κ3) is 3.81. The Labute approximate surface area is 128 Å². The lowest BCUT2D eigenvalue weighted by atomic mass is 9.96. The number of hydrogen-bond donors (Lipinski definition) is 2. The van der Waals surface area contributed by atoms with Crippen molar-refractivity contribution in [3.63, 3.8) is 0 Å². The fourth-order valence-corrected chi connectivity index (χ4v) is 2.20. The van der Waals surface area contributed by atoms with Crippen LogP contribution in [0.1, 0.15) is 25.5 Å². The molecule has 2 aromatic carbocycles. The summed E-state index contributed by atoms with van der Waals surface area (Å²) in [5.74, 6) is -1.49. The lowest BCUT2D eigenvalue weighted by Crippen LogP contribution is -2.35. The van der Waals surface area contributed by atoms with Gasteiger partial charge >= 0.3 is 6.03 Å². The van der Waals surface area contributed by atoms with Gasteiger partial charge in [-0.2, -0.15) is 0 Å². The van der Waals surface area contributed by atoms with Crippen molar-refractivity contribution in [2.45, 2.75) is 19.9 Å². The number of nitrogens with one attached hydrogen (secondary N) is 2. The van der Waals surface area contributed by atoms with E-state index in [1.165, 1.54) is 6.07 Å². The first-order valence-corrected chi connectivity index (χ1v) is 7.05. The number of carbonyl (C=O) groups excluding carboxylic acids is 1. The van der Waals surface area contributed by atoms with E-state index in [9.17, 15) is 13.6 Å². The van der Waals surface area contributed by atoms with Gasteiger partial charge in [-0.05, 0) is 23.6 Å². The third-order valence-electron chi connectivity index (χ3n) is 3.31. The largest absolute Gasteiger partial charge is 0.331 e. The Morgan fingerprint density at radius 2 is 1.55 bits per heavy atom. The molecule has 2 amide bonds. The van der Waals surface area contributed by atoms with Crippen LogP contribution in [-0.4, -0.2) is 6.03 Å². The Morgan fingerprint density at radius 1 is 0.955 bits per heavy atom. The molecule has 1 unspecified atom stereocenters. The van der Waals surface area contributed by atoms with E-state index in [1.807, 2.05) is 44.2 Å². The molecule has 2 N–H and O–H groups in total. The van der Waals surface area contributed by atoms with E-state index in [0.29, 0.717) is 0 Å². The van der Waals surface area contributed by atoms with Crippen LogP contribution in [0.15, 0.2) is 48.5 Å². The normalized spacial score (nSPS) is 12.0. The second kappa shape index (κ2) is 7.02. The Kier molecular flexibility index (Phi) is 5.09. The second-order valence-corrected chi connectivity index (χ2v) is 5.33. The number of amides is 2. The summed E-state index contributed by atoms with van der Waals surface area (Å²) in [5, 5.41) is 4.99. The van der Waals surface area contributed by atoms with Crippen molar-refractivity contribution in [2.24, 2.45) is 5.92 Å². The molecular formula is C17H18F2N2O. The van der Waals surface area contributed by atoms with Crippen LogP contribution < -0.4 is 10.6 Å². The molecule has 0 bridgehead atoms. The molecule has 3 nitrogen and oxygen atoms in total. The zero-order chi connectivity index (χ0) is 16.1. The molecule has 22 heavy (non-hydrogen) atoms. The van der Waals surface area contributed by atoms with Crippen molar-refractivity contribution >= 4 is 11.7 Å². The van der Waals surface area contributed by atoms with Gasteiger partial charge in [-0.25, -0.2) is 13.6 Å². The highest BCUT2D eigenvalue weighted by Crippen LogP contribution is 2.22. The van der Waals surface area contributed by atoms with Gasteiger partial charge in [0.1, 0.15) is 17.3 Å². The van der Waals surface area contributed by atoms with Gasteiger partial charge in [0.25, 0.3) is 0 Å². The predicted octanol–water partition coefficient (Wildman–Crippen LogP) is 4.48. The molecule has 0 spiro atoms. The predicted molar refractivity (Wildman–Crippen MR) is 82.5 cm³/mol. The number of halogens is 2. The number of carbonyl (C=O) groups is 1. The second-order valence-electron chi connectivity index (χ2n) is 5.33. The average Bonchev–Trinajstić information content (AvgIpc) is 2.49. The van der Waals surface area contributed by atoms with Crippen molar-refractivity contribution in [1.29, 1.82) is 0 Å². The maximum atomic E-state index is 13.5. The molecule has 0 aliphatic heterocycles. The summed E-state index contributed by atoms with van der Waals surface area (Å²) in [7, 11) is 0. The molecule has 0 aliphatic carbocycles. The highest BCUT2D eigenvalue weighted by molar-refractivity contribution is 5.89. The Bertz CT molecular complexity index is 624. The smallest absolute Gasteiger partial charge is 0.319 e. The topological polar surface area (TPSA) is 41.1 Å². The van der Waals surface area contributed by atoms with Gasteiger partial charge in [0.15, 0.2) is 0 Å². The van der Waals surface area contributed by atoms with E-state index >= 15 is 0 Å². The summed E-state index contributed by atoms with van der Waals surface area (Å²) in [6.07, 6.45) is 0. The van der Waals surface area contributed by atoms with Gasteiger partial charge in [0.05, 0.1) is 6.04 Å². The van der Waals surface area contributed by atoms with Crippen LogP contribution in [0.2, 0.25) is 0 Å². The van der Waals surface area contributed by atoms with Crippen molar-refractivity contribution in [3.05, 3.63) is 65.7 Å². The molecule has 2 aromatic rings. The first-order valence-electron chi connectivity index (χ1n) is 7.05. The van der Waals surface area contributed by atoms with E-state index in [2.05, 4.69) is 10.6 Å². The lowest BCUT2D eigenvalue weighted by Gasteiger charge is -2.23. The van der Waals surface area contributed by atoms with Gasteiger partial charge in [-0.1, -0.05) is 50.2 Å². The zero-order valence-corrected chi connectivity index (χ0v) is 12.4. The van der Waals surface area contributed by atoms with Crippen LogP contribution in [0.5, 0.6) is 0 Å². The SMILES string of the molecule is CC(C)C(NC(=O)Nc1c(F)cccc1F)c1ccccc1. The molecule has 0 fully saturated rings. The summed E-state index contributed by atoms with van der Waals surface area (Å²) in [6, 6.07) is 12.0. The van der Waals surface area contributed by atoms with Crippen LogP contribution in [-0.2, 0) is 0 Å². The van der Waals surface area contributed by atoms with Crippen LogP contribution in [0, 0.1) is 17.6 Å². The van der Waals surface area contributed by atoms with Gasteiger partial charge in [0, 0.05) is 0 Å². The fraction of sp³-hybridized carbons (Fsp3) is 0.235. The third-order valence-corrected chi connectivity index (χ3v) is 3.31. The van der Waals surface area contributed by atoms with Gasteiger partial charge in [-0.3, -0.25) is 0 Å². The average molecular weight is 304 g/mol. The summed E-state index contributed by atoms with van der Waals surface area (Å²) >= 11 is 0. The molecule has 1 atom stereocenters. The van der Waals surface area contributed by atoms with Crippen LogP contribution in [0.4, 0.5) is 19.3 Å². The zero-order valence-electron chi connectivity index (χ0n) is 12.4. The highest BCUT2D eigenvalue weighted by Gasteiger charge is 2.19. The first-order chi connectivity index (χ1) is 10.5. The quantitative estimate of drug-likeness (QED) is 0.859. The molecule has 2 rings (SSSR count). The Balaban J connectivity index is 2.13. The number of anilines is 1. The minimum Gasteiger partial charge on any atom is -0.331 e. The van der Waals surface area contributed by atoms with Gasteiger partial charge < -0.3 is 10.6 Å². The molecular weight excluding hydrogens is 286 g/mol. The maximum absolute atomic E-state index is 13.5. The summed E-state index contributed by atoms with van der Waals surface area (Å²) in [5.41, 5.74) is 0.484.